The van der Waals surface area contributed by atoms with Crippen molar-refractivity contribution >= 4 is 29.2 Å². The van der Waals surface area contributed by atoms with Crippen LogP contribution in [0.25, 0.3) is 0 Å². The average Bonchev–Trinajstić information content (AvgIpc) is 2.77. The number of rotatable bonds is 4. The summed E-state index contributed by atoms with van der Waals surface area (Å²) in [5, 5.41) is 10.4. The van der Waals surface area contributed by atoms with Crippen molar-refractivity contribution in [2.75, 3.05) is 13.7 Å². The summed E-state index contributed by atoms with van der Waals surface area (Å²) in [5.41, 5.74) is 0.831. The van der Waals surface area contributed by atoms with Gasteiger partial charge in [-0.15, -0.1) is 0 Å². The fraction of sp³-hybridized carbons (Fsp3) is 0.462. The van der Waals surface area contributed by atoms with Crippen LogP contribution in [-0.2, 0) is 16.1 Å². The third kappa shape index (κ3) is 3.39. The molecule has 104 valence electrons. The Morgan fingerprint density at radius 3 is 2.89 bits per heavy atom. The summed E-state index contributed by atoms with van der Waals surface area (Å²) in [7, 11) is 1.60. The number of carbonyl (C=O) groups is 1. The highest BCUT2D eigenvalue weighted by atomic mass is 35.5. The smallest absolute Gasteiger partial charge is 0.321 e. The number of methoxy groups -OCH3 is 1. The maximum absolute atomic E-state index is 11.3. The van der Waals surface area contributed by atoms with Gasteiger partial charge in [0.25, 0.3) is 0 Å². The summed E-state index contributed by atoms with van der Waals surface area (Å²) in [6, 6.07) is 4.66. The molecule has 0 amide bonds. The average molecular weight is 304 g/mol. The van der Waals surface area contributed by atoms with Crippen LogP contribution in [0.3, 0.4) is 0 Å². The molecule has 19 heavy (non-hydrogen) atoms. The molecule has 2 unspecified atom stereocenters. The lowest BCUT2D eigenvalue weighted by atomic mass is 10.1. The predicted molar refractivity (Wildman–Crippen MR) is 73.7 cm³/mol. The summed E-state index contributed by atoms with van der Waals surface area (Å²) < 4.78 is 5.25. The van der Waals surface area contributed by atoms with Crippen LogP contribution < -0.4 is 0 Å². The number of benzene rings is 1. The predicted octanol–water partition coefficient (Wildman–Crippen LogP) is 2.67. The molecule has 0 aromatic heterocycles. The number of carboxylic acids is 1. The third-order valence-corrected chi connectivity index (χ3v) is 3.97. The van der Waals surface area contributed by atoms with Gasteiger partial charge in [0.1, 0.15) is 6.04 Å². The Morgan fingerprint density at radius 1 is 1.53 bits per heavy atom. The maximum Gasteiger partial charge on any atom is 0.321 e. The Balaban J connectivity index is 2.16. The molecule has 1 aromatic rings. The number of aliphatic carboxylic acids is 1. The number of carboxylic acid groups (broad SMARTS) is 1. The SMILES string of the molecule is COC1CC(C(=O)O)N(Cc2cc(Cl)ccc2Cl)C1. The van der Waals surface area contributed by atoms with Gasteiger partial charge in [0.05, 0.1) is 6.10 Å². The zero-order valence-corrected chi connectivity index (χ0v) is 12.0. The van der Waals surface area contributed by atoms with E-state index in [0.29, 0.717) is 29.6 Å². The Bertz CT molecular complexity index is 481. The van der Waals surface area contributed by atoms with Gasteiger partial charge in [-0.3, -0.25) is 9.69 Å². The van der Waals surface area contributed by atoms with Gasteiger partial charge in [-0.25, -0.2) is 0 Å². The molecule has 1 saturated heterocycles. The number of hydrogen-bond acceptors (Lipinski definition) is 3. The standard InChI is InChI=1S/C13H15Cl2NO3/c1-19-10-5-12(13(17)18)16(7-10)6-8-4-9(14)2-3-11(8)15/h2-4,10,12H,5-7H2,1H3,(H,17,18). The van der Waals surface area contributed by atoms with E-state index in [2.05, 4.69) is 0 Å². The lowest BCUT2D eigenvalue weighted by Crippen LogP contribution is -2.35. The molecule has 0 aliphatic carbocycles. The first-order chi connectivity index (χ1) is 9.01. The number of nitrogens with zero attached hydrogens (tertiary/aromatic N) is 1. The highest BCUT2D eigenvalue weighted by Crippen LogP contribution is 2.27. The fourth-order valence-corrected chi connectivity index (χ4v) is 2.72. The van der Waals surface area contributed by atoms with Gasteiger partial charge in [-0.05, 0) is 23.8 Å². The Kier molecular flexibility index (Phi) is 4.68. The topological polar surface area (TPSA) is 49.8 Å². The van der Waals surface area contributed by atoms with E-state index < -0.39 is 12.0 Å². The van der Waals surface area contributed by atoms with Crippen LogP contribution in [0, 0.1) is 0 Å². The van der Waals surface area contributed by atoms with Crippen LogP contribution in [0.15, 0.2) is 18.2 Å². The molecular formula is C13H15Cl2NO3. The second-order valence-electron chi connectivity index (χ2n) is 4.61. The lowest BCUT2D eigenvalue weighted by Gasteiger charge is -2.21. The second-order valence-corrected chi connectivity index (χ2v) is 5.46. The van der Waals surface area contributed by atoms with Gasteiger partial charge in [0.15, 0.2) is 0 Å². The van der Waals surface area contributed by atoms with E-state index in [0.717, 1.165) is 5.56 Å². The van der Waals surface area contributed by atoms with Gasteiger partial charge in [-0.2, -0.15) is 0 Å². The van der Waals surface area contributed by atoms with E-state index in [1.54, 1.807) is 25.3 Å². The zero-order chi connectivity index (χ0) is 14.0. The zero-order valence-electron chi connectivity index (χ0n) is 10.5. The van der Waals surface area contributed by atoms with E-state index in [-0.39, 0.29) is 6.10 Å². The van der Waals surface area contributed by atoms with Crippen molar-refractivity contribution in [3.05, 3.63) is 33.8 Å². The first-order valence-corrected chi connectivity index (χ1v) is 6.70. The van der Waals surface area contributed by atoms with Gasteiger partial charge in [0.2, 0.25) is 0 Å². The number of ether oxygens (including phenoxy) is 1. The number of halogens is 2. The molecule has 2 atom stereocenters. The molecule has 1 aliphatic rings. The van der Waals surface area contributed by atoms with Crippen LogP contribution in [0.1, 0.15) is 12.0 Å². The van der Waals surface area contributed by atoms with Crippen LogP contribution >= 0.6 is 23.2 Å². The monoisotopic (exact) mass is 303 g/mol. The highest BCUT2D eigenvalue weighted by molar-refractivity contribution is 6.33. The lowest BCUT2D eigenvalue weighted by molar-refractivity contribution is -0.142. The van der Waals surface area contributed by atoms with Gasteiger partial charge in [0, 0.05) is 36.7 Å². The van der Waals surface area contributed by atoms with Crippen LogP contribution in [-0.4, -0.2) is 41.8 Å². The molecule has 1 N–H and O–H groups in total. The minimum absolute atomic E-state index is 0.0564. The second kappa shape index (κ2) is 6.09. The van der Waals surface area contributed by atoms with Crippen molar-refractivity contribution in [1.82, 2.24) is 4.90 Å². The number of likely N-dealkylation sites (tertiary alicyclic amines) is 1. The molecule has 1 fully saturated rings. The van der Waals surface area contributed by atoms with Gasteiger partial charge >= 0.3 is 5.97 Å². The Hall–Kier alpha value is -0.810. The fourth-order valence-electron chi connectivity index (χ4n) is 2.35. The van der Waals surface area contributed by atoms with Crippen molar-refractivity contribution < 1.29 is 14.6 Å². The van der Waals surface area contributed by atoms with E-state index in [4.69, 9.17) is 27.9 Å². The summed E-state index contributed by atoms with van der Waals surface area (Å²) >= 11 is 12.0. The van der Waals surface area contributed by atoms with Crippen molar-refractivity contribution in [3.8, 4) is 0 Å². The molecule has 0 bridgehead atoms. The largest absolute Gasteiger partial charge is 0.480 e. The molecule has 1 aliphatic heterocycles. The quantitative estimate of drug-likeness (QED) is 0.929. The molecule has 0 radical (unpaired) electrons. The number of hydrogen-bond donors (Lipinski definition) is 1. The summed E-state index contributed by atoms with van der Waals surface area (Å²) in [6.45, 7) is 1.03. The van der Waals surface area contributed by atoms with Crippen molar-refractivity contribution in [1.29, 1.82) is 0 Å². The summed E-state index contributed by atoms with van der Waals surface area (Å²) in [5.74, 6) is -0.835. The van der Waals surface area contributed by atoms with Crippen molar-refractivity contribution in [2.24, 2.45) is 0 Å². The molecule has 4 nitrogen and oxygen atoms in total. The first kappa shape index (κ1) is 14.6. The van der Waals surface area contributed by atoms with Crippen LogP contribution in [0.5, 0.6) is 0 Å². The van der Waals surface area contributed by atoms with E-state index in [1.165, 1.54) is 0 Å². The highest BCUT2D eigenvalue weighted by Gasteiger charge is 2.37. The normalized spacial score (nSPS) is 23.7. The van der Waals surface area contributed by atoms with Gasteiger partial charge < -0.3 is 9.84 Å². The van der Waals surface area contributed by atoms with E-state index in [9.17, 15) is 9.90 Å². The molecular weight excluding hydrogens is 289 g/mol. The Labute approximate surface area is 121 Å². The Morgan fingerprint density at radius 2 is 2.26 bits per heavy atom. The van der Waals surface area contributed by atoms with Gasteiger partial charge in [-0.1, -0.05) is 23.2 Å². The molecule has 0 spiro atoms. The van der Waals surface area contributed by atoms with Crippen LogP contribution in [0.2, 0.25) is 10.0 Å². The summed E-state index contributed by atoms with van der Waals surface area (Å²) in [6.07, 6.45) is 0.434. The van der Waals surface area contributed by atoms with Crippen molar-refractivity contribution in [3.63, 3.8) is 0 Å². The third-order valence-electron chi connectivity index (χ3n) is 3.36. The van der Waals surface area contributed by atoms with E-state index >= 15 is 0 Å². The molecule has 6 heteroatoms. The minimum atomic E-state index is -0.835. The van der Waals surface area contributed by atoms with Crippen LogP contribution in [0.4, 0.5) is 0 Å². The summed E-state index contributed by atoms with van der Waals surface area (Å²) in [4.78, 5) is 13.1. The maximum atomic E-state index is 11.3. The van der Waals surface area contributed by atoms with E-state index in [1.807, 2.05) is 4.90 Å². The first-order valence-electron chi connectivity index (χ1n) is 5.95. The molecule has 2 rings (SSSR count). The molecule has 0 saturated carbocycles. The van der Waals surface area contributed by atoms with Crippen molar-refractivity contribution in [2.45, 2.75) is 25.1 Å². The molecule has 1 heterocycles. The molecule has 1 aromatic carbocycles. The minimum Gasteiger partial charge on any atom is -0.480 e.